The number of nitrogens with zero attached hydrogens (tertiary/aromatic N) is 1. The molecule has 0 aromatic heterocycles. The van der Waals surface area contributed by atoms with Crippen molar-refractivity contribution < 1.29 is 26.4 Å². The van der Waals surface area contributed by atoms with Gasteiger partial charge in [0.25, 0.3) is 0 Å². The summed E-state index contributed by atoms with van der Waals surface area (Å²) < 4.78 is 53.4. The SMILES string of the molecule is C=C(C)C(=O)OC(C)CN(CCNS(C)(=O)=O)S(C)(=O)=O. The van der Waals surface area contributed by atoms with Crippen molar-refractivity contribution in [3.05, 3.63) is 12.2 Å². The molecule has 0 saturated carbocycles. The Morgan fingerprint density at radius 3 is 2.19 bits per heavy atom. The molecule has 1 atom stereocenters. The van der Waals surface area contributed by atoms with Crippen molar-refractivity contribution in [1.29, 1.82) is 0 Å². The van der Waals surface area contributed by atoms with Gasteiger partial charge in [0.15, 0.2) is 0 Å². The molecule has 8 nitrogen and oxygen atoms in total. The van der Waals surface area contributed by atoms with E-state index in [0.717, 1.165) is 16.8 Å². The van der Waals surface area contributed by atoms with Crippen LogP contribution < -0.4 is 4.72 Å². The van der Waals surface area contributed by atoms with Crippen molar-refractivity contribution in [2.24, 2.45) is 0 Å². The lowest BCUT2D eigenvalue weighted by molar-refractivity contribution is -0.143. The maximum Gasteiger partial charge on any atom is 0.333 e. The lowest BCUT2D eigenvalue weighted by Gasteiger charge is -2.23. The van der Waals surface area contributed by atoms with Gasteiger partial charge in [-0.05, 0) is 13.8 Å². The molecular weight excluding hydrogens is 320 g/mol. The maximum absolute atomic E-state index is 11.6. The highest BCUT2D eigenvalue weighted by Crippen LogP contribution is 2.04. The van der Waals surface area contributed by atoms with Crippen molar-refractivity contribution in [3.63, 3.8) is 0 Å². The molecule has 21 heavy (non-hydrogen) atoms. The molecule has 0 aliphatic heterocycles. The summed E-state index contributed by atoms with van der Waals surface area (Å²) in [5.41, 5.74) is 0.214. The van der Waals surface area contributed by atoms with E-state index in [1.165, 1.54) is 6.92 Å². The molecule has 0 aliphatic rings. The van der Waals surface area contributed by atoms with Crippen LogP contribution in [0.5, 0.6) is 0 Å². The van der Waals surface area contributed by atoms with Gasteiger partial charge in [-0.3, -0.25) is 0 Å². The molecule has 0 aromatic rings. The van der Waals surface area contributed by atoms with Crippen molar-refractivity contribution in [2.75, 3.05) is 32.1 Å². The fourth-order valence-corrected chi connectivity index (χ4v) is 2.72. The fraction of sp³-hybridized carbons (Fsp3) is 0.727. The number of hydrogen-bond acceptors (Lipinski definition) is 6. The van der Waals surface area contributed by atoms with Gasteiger partial charge in [0.05, 0.1) is 19.1 Å². The van der Waals surface area contributed by atoms with Gasteiger partial charge in [0.2, 0.25) is 20.0 Å². The van der Waals surface area contributed by atoms with Crippen molar-refractivity contribution in [3.8, 4) is 0 Å². The number of carbonyl (C=O) groups is 1. The Morgan fingerprint density at radius 1 is 1.29 bits per heavy atom. The van der Waals surface area contributed by atoms with E-state index in [9.17, 15) is 21.6 Å². The molecule has 10 heteroatoms. The molecule has 0 amide bonds. The molecule has 0 spiro atoms. The van der Waals surface area contributed by atoms with E-state index in [1.807, 2.05) is 0 Å². The first kappa shape index (κ1) is 20.0. The highest BCUT2D eigenvalue weighted by molar-refractivity contribution is 7.88. The van der Waals surface area contributed by atoms with Gasteiger partial charge in [0.1, 0.15) is 6.10 Å². The number of rotatable bonds is 9. The Balaban J connectivity index is 4.65. The Hall–Kier alpha value is -0.970. The fourth-order valence-electron chi connectivity index (χ4n) is 1.36. The number of sulfonamides is 2. The lowest BCUT2D eigenvalue weighted by Crippen LogP contribution is -2.42. The summed E-state index contributed by atoms with van der Waals surface area (Å²) in [6, 6.07) is 0. The second-order valence-corrected chi connectivity index (χ2v) is 8.60. The Labute approximate surface area is 126 Å². The molecule has 0 saturated heterocycles. The van der Waals surface area contributed by atoms with Crippen LogP contribution in [0.2, 0.25) is 0 Å². The van der Waals surface area contributed by atoms with Crippen LogP contribution in [0.3, 0.4) is 0 Å². The van der Waals surface area contributed by atoms with Gasteiger partial charge in [-0.1, -0.05) is 6.58 Å². The molecular formula is C11H22N2O6S2. The van der Waals surface area contributed by atoms with Crippen molar-refractivity contribution in [1.82, 2.24) is 9.03 Å². The topological polar surface area (TPSA) is 110 Å². The zero-order valence-corrected chi connectivity index (χ0v) is 14.3. The summed E-state index contributed by atoms with van der Waals surface area (Å²) >= 11 is 0. The second kappa shape index (κ2) is 7.87. The third-order valence-electron chi connectivity index (χ3n) is 2.31. The minimum Gasteiger partial charge on any atom is -0.458 e. The number of hydrogen-bond donors (Lipinski definition) is 1. The Kier molecular flexibility index (Phi) is 7.51. The average molecular weight is 342 g/mol. The normalized spacial score (nSPS) is 14.0. The number of esters is 1. The number of carbonyl (C=O) groups excluding carboxylic acids is 1. The zero-order chi connectivity index (χ0) is 16.8. The molecule has 0 bridgehead atoms. The van der Waals surface area contributed by atoms with Gasteiger partial charge in [0, 0.05) is 18.7 Å². The summed E-state index contributed by atoms with van der Waals surface area (Å²) in [7, 11) is -6.94. The quantitative estimate of drug-likeness (QED) is 0.438. The summed E-state index contributed by atoms with van der Waals surface area (Å²) in [6.07, 6.45) is 1.30. The van der Waals surface area contributed by atoms with E-state index >= 15 is 0 Å². The van der Waals surface area contributed by atoms with Crippen LogP contribution in [0.25, 0.3) is 0 Å². The standard InChI is InChI=1S/C11H22N2O6S2/c1-9(2)11(14)19-10(3)8-13(21(5,17)18)7-6-12-20(4,15)16/h10,12H,1,6-8H2,2-5H3. The minimum atomic E-state index is -3.55. The molecule has 0 rings (SSSR count). The van der Waals surface area contributed by atoms with Gasteiger partial charge < -0.3 is 4.74 Å². The second-order valence-electron chi connectivity index (χ2n) is 4.78. The predicted octanol–water partition coefficient (Wildman–Crippen LogP) is -0.695. The van der Waals surface area contributed by atoms with Crippen LogP contribution >= 0.6 is 0 Å². The molecule has 1 unspecified atom stereocenters. The molecule has 1 N–H and O–H groups in total. The lowest BCUT2D eigenvalue weighted by atomic mass is 10.3. The van der Waals surface area contributed by atoms with Gasteiger partial charge in [-0.15, -0.1) is 0 Å². The average Bonchev–Trinajstić information content (AvgIpc) is 2.24. The molecule has 0 aliphatic carbocycles. The Morgan fingerprint density at radius 2 is 1.81 bits per heavy atom. The molecule has 0 heterocycles. The smallest absolute Gasteiger partial charge is 0.333 e. The van der Waals surface area contributed by atoms with Crippen LogP contribution in [0.1, 0.15) is 13.8 Å². The number of ether oxygens (including phenoxy) is 1. The van der Waals surface area contributed by atoms with E-state index in [0.29, 0.717) is 0 Å². The van der Waals surface area contributed by atoms with Crippen LogP contribution in [-0.4, -0.2) is 65.4 Å². The van der Waals surface area contributed by atoms with E-state index in [-0.39, 0.29) is 25.2 Å². The van der Waals surface area contributed by atoms with Crippen molar-refractivity contribution in [2.45, 2.75) is 20.0 Å². The summed E-state index contributed by atoms with van der Waals surface area (Å²) in [5.74, 6) is -0.606. The summed E-state index contributed by atoms with van der Waals surface area (Å²) in [4.78, 5) is 11.3. The third kappa shape index (κ3) is 9.56. The first-order chi connectivity index (χ1) is 9.33. The van der Waals surface area contributed by atoms with Gasteiger partial charge >= 0.3 is 5.97 Å². The first-order valence-electron chi connectivity index (χ1n) is 6.09. The minimum absolute atomic E-state index is 0.0547. The van der Waals surface area contributed by atoms with E-state index < -0.39 is 32.1 Å². The molecule has 0 aromatic carbocycles. The van der Waals surface area contributed by atoms with Crippen LogP contribution in [0, 0.1) is 0 Å². The summed E-state index contributed by atoms with van der Waals surface area (Å²) in [6.45, 7) is 6.28. The van der Waals surface area contributed by atoms with E-state index in [4.69, 9.17) is 4.74 Å². The highest BCUT2D eigenvalue weighted by Gasteiger charge is 2.21. The van der Waals surface area contributed by atoms with Crippen LogP contribution in [0.4, 0.5) is 0 Å². The Bertz CT molecular complexity index is 582. The van der Waals surface area contributed by atoms with Crippen LogP contribution in [0.15, 0.2) is 12.2 Å². The van der Waals surface area contributed by atoms with Gasteiger partial charge in [-0.25, -0.2) is 26.4 Å². The van der Waals surface area contributed by atoms with Crippen LogP contribution in [-0.2, 0) is 29.6 Å². The molecule has 0 fully saturated rings. The molecule has 124 valence electrons. The monoisotopic (exact) mass is 342 g/mol. The van der Waals surface area contributed by atoms with Gasteiger partial charge in [-0.2, -0.15) is 4.31 Å². The van der Waals surface area contributed by atoms with E-state index in [1.54, 1.807) is 6.92 Å². The number of nitrogens with one attached hydrogen (secondary N) is 1. The summed E-state index contributed by atoms with van der Waals surface area (Å²) in [5, 5.41) is 0. The zero-order valence-electron chi connectivity index (χ0n) is 12.6. The third-order valence-corrected chi connectivity index (χ3v) is 4.31. The van der Waals surface area contributed by atoms with E-state index in [2.05, 4.69) is 11.3 Å². The van der Waals surface area contributed by atoms with Crippen molar-refractivity contribution >= 4 is 26.0 Å². The first-order valence-corrected chi connectivity index (χ1v) is 9.83. The molecule has 0 radical (unpaired) electrons. The predicted molar refractivity (Wildman–Crippen MR) is 79.6 cm³/mol. The largest absolute Gasteiger partial charge is 0.458 e. The maximum atomic E-state index is 11.6. The highest BCUT2D eigenvalue weighted by atomic mass is 32.2.